The molecule has 226 valence electrons. The van der Waals surface area contributed by atoms with Crippen molar-refractivity contribution in [1.29, 1.82) is 0 Å². The Morgan fingerprint density at radius 1 is 0.952 bits per heavy atom. The van der Waals surface area contributed by atoms with Crippen LogP contribution < -0.4 is 9.62 Å². The number of aryl methyl sites for hydroxylation is 1. The number of alkyl halides is 3. The number of benzene rings is 3. The second kappa shape index (κ2) is 13.8. The first-order chi connectivity index (χ1) is 19.8. The average Bonchev–Trinajstić information content (AvgIpc) is 2.95. The lowest BCUT2D eigenvalue weighted by molar-refractivity contribution is -0.140. The summed E-state index contributed by atoms with van der Waals surface area (Å²) in [6.07, 6.45) is -3.97. The first-order valence-electron chi connectivity index (χ1n) is 13.4. The molecular formula is C30H33F4N3O4S. The van der Waals surface area contributed by atoms with Gasteiger partial charge in [0.15, 0.2) is 0 Å². The molecular weight excluding hydrogens is 574 g/mol. The smallest absolute Gasteiger partial charge is 0.354 e. The third kappa shape index (κ3) is 8.09. The number of carbonyl (C=O) groups excluding carboxylic acids is 2. The molecule has 0 saturated heterocycles. The van der Waals surface area contributed by atoms with Crippen LogP contribution in [0.4, 0.5) is 23.2 Å². The predicted octanol–water partition coefficient (Wildman–Crippen LogP) is 5.68. The van der Waals surface area contributed by atoms with Crippen molar-refractivity contribution in [1.82, 2.24) is 10.2 Å². The molecule has 1 N–H and O–H groups in total. The number of amides is 2. The molecule has 42 heavy (non-hydrogen) atoms. The van der Waals surface area contributed by atoms with Gasteiger partial charge in [-0.2, -0.15) is 13.2 Å². The fourth-order valence-corrected chi connectivity index (χ4v) is 5.68. The number of hydrogen-bond acceptors (Lipinski definition) is 4. The summed E-state index contributed by atoms with van der Waals surface area (Å²) in [4.78, 5) is 27.9. The third-order valence-corrected chi connectivity index (χ3v) is 8.34. The molecule has 0 bridgehead atoms. The fraction of sp³-hybridized carbons (Fsp3) is 0.333. The maximum Gasteiger partial charge on any atom is 0.416 e. The topological polar surface area (TPSA) is 86.8 Å². The summed E-state index contributed by atoms with van der Waals surface area (Å²) in [5, 5.41) is 2.73. The van der Waals surface area contributed by atoms with Crippen LogP contribution in [-0.2, 0) is 32.3 Å². The fourth-order valence-electron chi connectivity index (χ4n) is 4.28. The number of halogens is 4. The van der Waals surface area contributed by atoms with E-state index < -0.39 is 52.0 Å². The Labute approximate surface area is 243 Å². The summed E-state index contributed by atoms with van der Waals surface area (Å²) in [5.41, 5.74) is -0.238. The predicted molar refractivity (Wildman–Crippen MR) is 151 cm³/mol. The largest absolute Gasteiger partial charge is 0.416 e. The van der Waals surface area contributed by atoms with Crippen LogP contribution in [-0.4, -0.2) is 44.3 Å². The minimum atomic E-state index is -4.77. The van der Waals surface area contributed by atoms with Crippen LogP contribution in [0.25, 0.3) is 0 Å². The summed E-state index contributed by atoms with van der Waals surface area (Å²) in [6, 6.07) is 13.6. The number of rotatable bonds is 12. The van der Waals surface area contributed by atoms with Gasteiger partial charge in [-0.3, -0.25) is 13.9 Å². The van der Waals surface area contributed by atoms with Crippen LogP contribution in [0.15, 0.2) is 77.7 Å². The average molecular weight is 608 g/mol. The van der Waals surface area contributed by atoms with Crippen LogP contribution >= 0.6 is 0 Å². The van der Waals surface area contributed by atoms with Crippen LogP contribution in [0, 0.1) is 12.7 Å². The lowest BCUT2D eigenvalue weighted by Crippen LogP contribution is -2.52. The molecule has 0 saturated carbocycles. The molecule has 1 atom stereocenters. The van der Waals surface area contributed by atoms with E-state index in [1.54, 1.807) is 13.8 Å². The second-order valence-electron chi connectivity index (χ2n) is 9.74. The molecule has 0 heterocycles. The number of anilines is 1. The summed E-state index contributed by atoms with van der Waals surface area (Å²) in [5.74, 6) is -1.81. The maximum absolute atomic E-state index is 13.9. The van der Waals surface area contributed by atoms with Gasteiger partial charge in [0.05, 0.1) is 16.1 Å². The Kier molecular flexibility index (Phi) is 10.7. The van der Waals surface area contributed by atoms with Crippen molar-refractivity contribution < 1.29 is 35.6 Å². The van der Waals surface area contributed by atoms with Gasteiger partial charge in [0, 0.05) is 13.1 Å². The molecule has 7 nitrogen and oxygen atoms in total. The number of hydrogen-bond donors (Lipinski definition) is 1. The minimum Gasteiger partial charge on any atom is -0.354 e. The van der Waals surface area contributed by atoms with Crippen LogP contribution in [0.5, 0.6) is 0 Å². The van der Waals surface area contributed by atoms with Crippen LogP contribution in [0.2, 0.25) is 0 Å². The molecule has 0 fully saturated rings. The Morgan fingerprint density at radius 2 is 1.60 bits per heavy atom. The highest BCUT2D eigenvalue weighted by atomic mass is 32.2. The van der Waals surface area contributed by atoms with Gasteiger partial charge in [0.25, 0.3) is 10.0 Å². The molecule has 0 aliphatic carbocycles. The highest BCUT2D eigenvalue weighted by Crippen LogP contribution is 2.33. The van der Waals surface area contributed by atoms with E-state index in [1.807, 2.05) is 6.92 Å². The highest BCUT2D eigenvalue weighted by Gasteiger charge is 2.36. The summed E-state index contributed by atoms with van der Waals surface area (Å²) in [6.45, 7) is 4.55. The van der Waals surface area contributed by atoms with Crippen LogP contribution in [0.1, 0.15) is 43.4 Å². The van der Waals surface area contributed by atoms with Gasteiger partial charge < -0.3 is 10.2 Å². The van der Waals surface area contributed by atoms with Gasteiger partial charge in [0.2, 0.25) is 11.8 Å². The summed E-state index contributed by atoms with van der Waals surface area (Å²) >= 11 is 0. The van der Waals surface area contributed by atoms with E-state index in [0.29, 0.717) is 28.9 Å². The van der Waals surface area contributed by atoms with Crippen molar-refractivity contribution in [3.05, 3.63) is 95.3 Å². The molecule has 2 amide bonds. The van der Waals surface area contributed by atoms with E-state index in [4.69, 9.17) is 0 Å². The molecule has 0 radical (unpaired) electrons. The van der Waals surface area contributed by atoms with Crippen molar-refractivity contribution in [2.24, 2.45) is 0 Å². The molecule has 0 aromatic heterocycles. The quantitative estimate of drug-likeness (QED) is 0.269. The van der Waals surface area contributed by atoms with Gasteiger partial charge in [-0.1, -0.05) is 49.7 Å². The molecule has 3 aromatic rings. The standard InChI is InChI=1S/C30H33F4N3O4S/c1-4-17-35-29(39)27(5-2)36(19-22-11-13-24(31)14-12-22)28(38)20-37(25-8-6-7-23(18-25)30(32,33)34)42(40,41)26-15-9-21(3)10-16-26/h6-16,18,27H,4-5,17,19-20H2,1-3H3,(H,35,39). The maximum atomic E-state index is 13.9. The lowest BCUT2D eigenvalue weighted by atomic mass is 10.1. The number of carbonyl (C=O) groups is 2. The molecule has 1 unspecified atom stereocenters. The van der Waals surface area contributed by atoms with Crippen molar-refractivity contribution >= 4 is 27.5 Å². The Morgan fingerprint density at radius 3 is 2.17 bits per heavy atom. The summed E-state index contributed by atoms with van der Waals surface area (Å²) in [7, 11) is -4.54. The van der Waals surface area contributed by atoms with E-state index in [2.05, 4.69) is 5.32 Å². The summed E-state index contributed by atoms with van der Waals surface area (Å²) < 4.78 is 82.6. The van der Waals surface area contributed by atoms with E-state index in [9.17, 15) is 35.6 Å². The monoisotopic (exact) mass is 607 g/mol. The number of sulfonamides is 1. The van der Waals surface area contributed by atoms with Crippen molar-refractivity contribution in [3.63, 3.8) is 0 Å². The molecule has 0 aliphatic heterocycles. The number of nitrogens with zero attached hydrogens (tertiary/aromatic N) is 2. The molecule has 12 heteroatoms. The zero-order valence-corrected chi connectivity index (χ0v) is 24.3. The van der Waals surface area contributed by atoms with Gasteiger partial charge in [-0.15, -0.1) is 0 Å². The molecule has 3 aromatic carbocycles. The van der Waals surface area contributed by atoms with E-state index >= 15 is 0 Å². The normalized spacial score (nSPS) is 12.5. The number of nitrogens with one attached hydrogen (secondary N) is 1. The SMILES string of the molecule is CCCNC(=O)C(CC)N(Cc1ccc(F)cc1)C(=O)CN(c1cccc(C(F)(F)F)c1)S(=O)(=O)c1ccc(C)cc1. The first-order valence-corrected chi connectivity index (χ1v) is 14.8. The zero-order valence-electron chi connectivity index (χ0n) is 23.5. The Hall–Kier alpha value is -3.93. The zero-order chi connectivity index (χ0) is 31.1. The van der Waals surface area contributed by atoms with E-state index in [0.717, 1.165) is 17.7 Å². The van der Waals surface area contributed by atoms with Crippen molar-refractivity contribution in [2.45, 2.75) is 57.3 Å². The van der Waals surface area contributed by atoms with Gasteiger partial charge in [-0.25, -0.2) is 12.8 Å². The lowest BCUT2D eigenvalue weighted by Gasteiger charge is -2.33. The molecule has 3 rings (SSSR count). The second-order valence-corrected chi connectivity index (χ2v) is 11.6. The van der Waals surface area contributed by atoms with Gasteiger partial charge >= 0.3 is 6.18 Å². The first kappa shape index (κ1) is 32.6. The molecule has 0 aliphatic rings. The minimum absolute atomic E-state index is 0.163. The van der Waals surface area contributed by atoms with Crippen molar-refractivity contribution in [3.8, 4) is 0 Å². The Bertz CT molecular complexity index is 1480. The van der Waals surface area contributed by atoms with Gasteiger partial charge in [0.1, 0.15) is 18.4 Å². The van der Waals surface area contributed by atoms with Crippen molar-refractivity contribution in [2.75, 3.05) is 17.4 Å². The molecule has 0 spiro atoms. The van der Waals surface area contributed by atoms with Gasteiger partial charge in [-0.05, 0) is 67.8 Å². The Balaban J connectivity index is 2.11. The third-order valence-electron chi connectivity index (χ3n) is 6.55. The highest BCUT2D eigenvalue weighted by molar-refractivity contribution is 7.92. The van der Waals surface area contributed by atoms with E-state index in [1.165, 1.54) is 59.5 Å². The van der Waals surface area contributed by atoms with E-state index in [-0.39, 0.29) is 23.5 Å². The van der Waals surface area contributed by atoms with Crippen LogP contribution in [0.3, 0.4) is 0 Å².